The van der Waals surface area contributed by atoms with Crippen LogP contribution in [-0.4, -0.2) is 67.0 Å². The van der Waals surface area contributed by atoms with E-state index in [1.807, 2.05) is 11.8 Å². The van der Waals surface area contributed by atoms with Gasteiger partial charge >= 0.3 is 0 Å². The van der Waals surface area contributed by atoms with Crippen LogP contribution in [0.1, 0.15) is 48.4 Å². The van der Waals surface area contributed by atoms with Gasteiger partial charge in [-0.2, -0.15) is 5.10 Å². The van der Waals surface area contributed by atoms with Crippen LogP contribution in [0.3, 0.4) is 0 Å². The molecule has 1 amide bonds. The highest BCUT2D eigenvalue weighted by Gasteiger charge is 2.30. The average Bonchev–Trinajstić information content (AvgIpc) is 3.16. The average molecular weight is 331 g/mol. The molecule has 1 fully saturated rings. The van der Waals surface area contributed by atoms with Gasteiger partial charge in [-0.3, -0.25) is 14.8 Å². The van der Waals surface area contributed by atoms with Crippen LogP contribution in [0, 0.1) is 12.8 Å². The molecule has 1 saturated heterocycles. The van der Waals surface area contributed by atoms with Gasteiger partial charge in [-0.25, -0.2) is 9.97 Å². The molecule has 24 heavy (non-hydrogen) atoms. The fourth-order valence-corrected chi connectivity index (χ4v) is 3.21. The Morgan fingerprint density at radius 2 is 2.21 bits per heavy atom. The largest absolute Gasteiger partial charge is 0.341 e. The summed E-state index contributed by atoms with van der Waals surface area (Å²) in [5, 5.41) is 7.30. The van der Waals surface area contributed by atoms with Crippen molar-refractivity contribution in [2.24, 2.45) is 5.92 Å². The summed E-state index contributed by atoms with van der Waals surface area (Å²) in [4.78, 5) is 28.2. The van der Waals surface area contributed by atoms with Crippen LogP contribution >= 0.6 is 0 Å². The third-order valence-electron chi connectivity index (χ3n) is 4.30. The Hall–Kier alpha value is -2.22. The molecular weight excluding hydrogens is 306 g/mol. The van der Waals surface area contributed by atoms with Crippen LogP contribution in [0.4, 0.5) is 0 Å². The highest BCUT2D eigenvalue weighted by Crippen LogP contribution is 2.25. The molecule has 1 unspecified atom stereocenters. The Kier molecular flexibility index (Phi) is 4.94. The number of carbonyl (C=O) groups is 1. The first-order valence-corrected chi connectivity index (χ1v) is 8.45. The molecule has 130 valence electrons. The quantitative estimate of drug-likeness (QED) is 0.883. The lowest BCUT2D eigenvalue weighted by Gasteiger charge is -2.28. The van der Waals surface area contributed by atoms with E-state index in [4.69, 9.17) is 0 Å². The zero-order chi connectivity index (χ0) is 17.1. The molecule has 2 aromatic heterocycles. The van der Waals surface area contributed by atoms with Gasteiger partial charge in [0.25, 0.3) is 5.91 Å². The fourth-order valence-electron chi connectivity index (χ4n) is 3.21. The zero-order valence-corrected chi connectivity index (χ0v) is 14.5. The van der Waals surface area contributed by atoms with Crippen molar-refractivity contribution in [1.82, 2.24) is 34.9 Å². The first-order chi connectivity index (χ1) is 11.5. The molecule has 1 aliphatic rings. The molecule has 8 heteroatoms. The van der Waals surface area contributed by atoms with Crippen molar-refractivity contribution in [3.8, 4) is 0 Å². The van der Waals surface area contributed by atoms with Gasteiger partial charge in [0, 0.05) is 26.2 Å². The minimum atomic E-state index is 0.00353. The molecule has 0 aliphatic carbocycles. The number of H-pyrrole nitrogens is 2. The number of aromatic nitrogens is 5. The summed E-state index contributed by atoms with van der Waals surface area (Å²) in [5.74, 6) is 2.19. The van der Waals surface area contributed by atoms with Crippen molar-refractivity contribution in [2.45, 2.75) is 33.2 Å². The van der Waals surface area contributed by atoms with Crippen molar-refractivity contribution < 1.29 is 4.79 Å². The van der Waals surface area contributed by atoms with Crippen LogP contribution in [0.2, 0.25) is 0 Å². The van der Waals surface area contributed by atoms with E-state index >= 15 is 0 Å². The second-order valence-corrected chi connectivity index (χ2v) is 6.73. The number of amides is 1. The Morgan fingerprint density at radius 1 is 1.38 bits per heavy atom. The second-order valence-electron chi connectivity index (χ2n) is 6.73. The molecule has 0 saturated carbocycles. The highest BCUT2D eigenvalue weighted by atomic mass is 16.2. The van der Waals surface area contributed by atoms with Crippen molar-refractivity contribution in [1.29, 1.82) is 0 Å². The van der Waals surface area contributed by atoms with Crippen molar-refractivity contribution in [2.75, 3.05) is 26.2 Å². The molecule has 0 radical (unpaired) electrons. The number of aromatic amines is 2. The lowest BCUT2D eigenvalue weighted by atomic mass is 10.1. The van der Waals surface area contributed by atoms with Gasteiger partial charge in [0.2, 0.25) is 0 Å². The van der Waals surface area contributed by atoms with Gasteiger partial charge < -0.3 is 9.88 Å². The van der Waals surface area contributed by atoms with E-state index in [9.17, 15) is 4.79 Å². The van der Waals surface area contributed by atoms with E-state index in [2.05, 4.69) is 43.9 Å². The van der Waals surface area contributed by atoms with Crippen molar-refractivity contribution in [3.63, 3.8) is 0 Å². The Morgan fingerprint density at radius 3 is 2.83 bits per heavy atom. The van der Waals surface area contributed by atoms with Crippen LogP contribution in [-0.2, 0) is 0 Å². The summed E-state index contributed by atoms with van der Waals surface area (Å²) in [6.07, 6.45) is 3.94. The maximum absolute atomic E-state index is 12.6. The Labute approximate surface area is 141 Å². The smallest absolute Gasteiger partial charge is 0.271 e. The normalized spacial score (nSPS) is 19.7. The topological polar surface area (TPSA) is 93.8 Å². The fraction of sp³-hybridized carbons (Fsp3) is 0.625. The summed E-state index contributed by atoms with van der Waals surface area (Å²) in [6, 6.07) is 0.136. The van der Waals surface area contributed by atoms with Crippen molar-refractivity contribution in [3.05, 3.63) is 29.9 Å². The monoisotopic (exact) mass is 331 g/mol. The summed E-state index contributed by atoms with van der Waals surface area (Å²) in [6.45, 7) is 9.49. The second kappa shape index (κ2) is 7.12. The van der Waals surface area contributed by atoms with Crippen LogP contribution < -0.4 is 0 Å². The molecule has 2 N–H and O–H groups in total. The van der Waals surface area contributed by atoms with Gasteiger partial charge in [-0.05, 0) is 19.3 Å². The maximum Gasteiger partial charge on any atom is 0.271 e. The van der Waals surface area contributed by atoms with Gasteiger partial charge in [0.1, 0.15) is 11.5 Å². The molecule has 3 heterocycles. The molecule has 1 aliphatic heterocycles. The van der Waals surface area contributed by atoms with Gasteiger partial charge in [-0.1, -0.05) is 13.8 Å². The van der Waals surface area contributed by atoms with Gasteiger partial charge in [0.05, 0.1) is 18.6 Å². The number of nitrogens with zero attached hydrogens (tertiary/aromatic N) is 5. The third-order valence-corrected chi connectivity index (χ3v) is 4.30. The minimum absolute atomic E-state index is 0.00353. The number of aryl methyl sites for hydroxylation is 1. The molecule has 3 rings (SSSR count). The number of carbonyl (C=O) groups excluding carboxylic acids is 1. The van der Waals surface area contributed by atoms with E-state index in [1.54, 1.807) is 6.20 Å². The standard InChI is InChI=1S/C16H25N7O/c1-11(2)9-23-7-6-22(16(24)13-8-17-10-18-13)5-4-14(23)15-19-12(3)20-21-15/h8,10-11,14H,4-7,9H2,1-3H3,(H,17,18)(H,19,20,21). The van der Waals surface area contributed by atoms with Crippen LogP contribution in [0.5, 0.6) is 0 Å². The van der Waals surface area contributed by atoms with E-state index in [-0.39, 0.29) is 11.9 Å². The van der Waals surface area contributed by atoms with E-state index in [1.165, 1.54) is 6.33 Å². The molecule has 0 aromatic carbocycles. The maximum atomic E-state index is 12.6. The van der Waals surface area contributed by atoms with E-state index in [0.717, 1.165) is 31.2 Å². The predicted octanol–water partition coefficient (Wildman–Crippen LogP) is 1.38. The third kappa shape index (κ3) is 3.64. The number of nitrogens with one attached hydrogen (secondary N) is 2. The lowest BCUT2D eigenvalue weighted by Crippen LogP contribution is -2.37. The van der Waals surface area contributed by atoms with E-state index < -0.39 is 0 Å². The number of rotatable bonds is 4. The van der Waals surface area contributed by atoms with E-state index in [0.29, 0.717) is 24.7 Å². The van der Waals surface area contributed by atoms with Crippen molar-refractivity contribution >= 4 is 5.91 Å². The van der Waals surface area contributed by atoms with Gasteiger partial charge in [-0.15, -0.1) is 0 Å². The number of hydrogen-bond donors (Lipinski definition) is 2. The summed E-state index contributed by atoms with van der Waals surface area (Å²) in [7, 11) is 0. The molecular formula is C16H25N7O. The van der Waals surface area contributed by atoms with Crippen LogP contribution in [0.25, 0.3) is 0 Å². The SMILES string of the molecule is Cc1nc(C2CCN(C(=O)c3cnc[nH]3)CCN2CC(C)C)n[nH]1. The minimum Gasteiger partial charge on any atom is -0.341 e. The first kappa shape index (κ1) is 16.6. The number of imidazole rings is 1. The molecule has 0 spiro atoms. The summed E-state index contributed by atoms with van der Waals surface area (Å²) in [5.41, 5.74) is 0.539. The Balaban J connectivity index is 1.77. The summed E-state index contributed by atoms with van der Waals surface area (Å²) < 4.78 is 0. The molecule has 1 atom stereocenters. The summed E-state index contributed by atoms with van der Waals surface area (Å²) >= 11 is 0. The molecule has 8 nitrogen and oxygen atoms in total. The number of hydrogen-bond acceptors (Lipinski definition) is 5. The Bertz CT molecular complexity index is 664. The first-order valence-electron chi connectivity index (χ1n) is 8.45. The zero-order valence-electron chi connectivity index (χ0n) is 14.5. The van der Waals surface area contributed by atoms with Gasteiger partial charge in [0.15, 0.2) is 5.82 Å². The molecule has 2 aromatic rings. The lowest BCUT2D eigenvalue weighted by molar-refractivity contribution is 0.0755. The molecule has 0 bridgehead atoms. The predicted molar refractivity (Wildman–Crippen MR) is 89.4 cm³/mol. The van der Waals surface area contributed by atoms with Crippen LogP contribution in [0.15, 0.2) is 12.5 Å². The highest BCUT2D eigenvalue weighted by molar-refractivity contribution is 5.92.